The summed E-state index contributed by atoms with van der Waals surface area (Å²) in [4.78, 5) is 21.2. The minimum Gasteiger partial charge on any atom is -0.352 e. The highest BCUT2D eigenvalue weighted by Crippen LogP contribution is 2.20. The van der Waals surface area contributed by atoms with E-state index in [0.717, 1.165) is 17.1 Å². The van der Waals surface area contributed by atoms with Crippen molar-refractivity contribution in [3.8, 4) is 11.3 Å². The van der Waals surface area contributed by atoms with Crippen LogP contribution in [0.2, 0.25) is 0 Å². The van der Waals surface area contributed by atoms with E-state index in [-0.39, 0.29) is 10.8 Å². The molecule has 1 fully saturated rings. The molecule has 0 unspecified atom stereocenters. The molecule has 34 heavy (non-hydrogen) atoms. The van der Waals surface area contributed by atoms with Gasteiger partial charge in [-0.1, -0.05) is 13.8 Å². The first kappa shape index (κ1) is 23.8. The van der Waals surface area contributed by atoms with Crippen molar-refractivity contribution in [1.82, 2.24) is 24.4 Å². The van der Waals surface area contributed by atoms with Crippen LogP contribution in [0.25, 0.3) is 11.3 Å². The monoisotopic (exact) mass is 480 g/mol. The van der Waals surface area contributed by atoms with Gasteiger partial charge in [-0.3, -0.25) is 9.78 Å². The van der Waals surface area contributed by atoms with Crippen LogP contribution in [0.1, 0.15) is 24.2 Å². The van der Waals surface area contributed by atoms with Gasteiger partial charge in [-0.2, -0.15) is 4.31 Å². The molecular weight excluding hydrogens is 452 g/mol. The standard InChI is InChI=1S/C24H28N6O3S/c1-3-30(4-2)34(32,33)21-9-7-19(8-10-21)24(31)29-16-14-28(15-17-29)23-12-11-22(26-27-23)20-6-5-13-25-18-20/h5-13,18H,3-4,14-17H2,1-2H3. The molecule has 4 rings (SSSR count). The number of anilines is 1. The maximum Gasteiger partial charge on any atom is 0.253 e. The maximum atomic E-state index is 13.0. The van der Waals surface area contributed by atoms with E-state index in [2.05, 4.69) is 20.1 Å². The fraction of sp³-hybridized carbons (Fsp3) is 0.333. The summed E-state index contributed by atoms with van der Waals surface area (Å²) in [6, 6.07) is 13.9. The number of amides is 1. The minimum atomic E-state index is -3.54. The Morgan fingerprint density at radius 1 is 0.941 bits per heavy atom. The van der Waals surface area contributed by atoms with Gasteiger partial charge in [0, 0.05) is 62.8 Å². The Kier molecular flexibility index (Phi) is 7.18. The average molecular weight is 481 g/mol. The smallest absolute Gasteiger partial charge is 0.253 e. The average Bonchev–Trinajstić information content (AvgIpc) is 2.89. The Bertz CT molecular complexity index is 1210. The van der Waals surface area contributed by atoms with Crippen molar-refractivity contribution in [2.24, 2.45) is 0 Å². The summed E-state index contributed by atoms with van der Waals surface area (Å²) < 4.78 is 26.7. The van der Waals surface area contributed by atoms with Crippen LogP contribution in [0.3, 0.4) is 0 Å². The van der Waals surface area contributed by atoms with Crippen molar-refractivity contribution in [2.45, 2.75) is 18.7 Å². The number of piperazine rings is 1. The van der Waals surface area contributed by atoms with Gasteiger partial charge in [0.2, 0.25) is 10.0 Å². The summed E-state index contributed by atoms with van der Waals surface area (Å²) in [6.07, 6.45) is 3.47. The Balaban J connectivity index is 1.37. The predicted octanol–water partition coefficient (Wildman–Crippen LogP) is 2.53. The van der Waals surface area contributed by atoms with E-state index >= 15 is 0 Å². The van der Waals surface area contributed by atoms with E-state index in [1.165, 1.54) is 16.4 Å². The lowest BCUT2D eigenvalue weighted by Crippen LogP contribution is -2.49. The number of hydrogen-bond acceptors (Lipinski definition) is 7. The topological polar surface area (TPSA) is 99.6 Å². The highest BCUT2D eigenvalue weighted by molar-refractivity contribution is 7.89. The Labute approximate surface area is 200 Å². The highest BCUT2D eigenvalue weighted by Gasteiger charge is 2.25. The SMILES string of the molecule is CCN(CC)S(=O)(=O)c1ccc(C(=O)N2CCN(c3ccc(-c4cccnc4)nn3)CC2)cc1. The van der Waals surface area contributed by atoms with Crippen LogP contribution >= 0.6 is 0 Å². The first-order chi connectivity index (χ1) is 16.4. The van der Waals surface area contributed by atoms with Crippen LogP contribution in [0.4, 0.5) is 5.82 Å². The summed E-state index contributed by atoms with van der Waals surface area (Å²) >= 11 is 0. The van der Waals surface area contributed by atoms with Gasteiger partial charge in [0.1, 0.15) is 0 Å². The van der Waals surface area contributed by atoms with E-state index in [4.69, 9.17) is 0 Å². The number of sulfonamides is 1. The fourth-order valence-electron chi connectivity index (χ4n) is 3.97. The van der Waals surface area contributed by atoms with Gasteiger partial charge in [-0.05, 0) is 48.5 Å². The van der Waals surface area contributed by atoms with E-state index in [1.807, 2.05) is 24.3 Å². The zero-order valence-electron chi connectivity index (χ0n) is 19.3. The molecule has 0 radical (unpaired) electrons. The maximum absolute atomic E-state index is 13.0. The normalized spacial score (nSPS) is 14.4. The lowest BCUT2D eigenvalue weighted by Gasteiger charge is -2.35. The summed E-state index contributed by atoms with van der Waals surface area (Å²) in [7, 11) is -3.54. The number of aromatic nitrogens is 3. The van der Waals surface area contributed by atoms with Gasteiger partial charge < -0.3 is 9.80 Å². The van der Waals surface area contributed by atoms with Gasteiger partial charge in [0.25, 0.3) is 5.91 Å². The van der Waals surface area contributed by atoms with E-state index in [9.17, 15) is 13.2 Å². The van der Waals surface area contributed by atoms with Crippen LogP contribution in [0.15, 0.2) is 65.8 Å². The molecule has 1 aliphatic rings. The third-order valence-electron chi connectivity index (χ3n) is 5.94. The molecule has 3 heterocycles. The first-order valence-corrected chi connectivity index (χ1v) is 12.8. The molecule has 0 N–H and O–H groups in total. The van der Waals surface area contributed by atoms with Crippen molar-refractivity contribution >= 4 is 21.7 Å². The number of nitrogens with zero attached hydrogens (tertiary/aromatic N) is 6. The molecule has 0 atom stereocenters. The van der Waals surface area contributed by atoms with E-state index in [0.29, 0.717) is 44.8 Å². The van der Waals surface area contributed by atoms with Crippen LogP contribution in [-0.4, -0.2) is 78.0 Å². The number of hydrogen-bond donors (Lipinski definition) is 0. The van der Waals surface area contributed by atoms with Crippen LogP contribution < -0.4 is 4.90 Å². The summed E-state index contributed by atoms with van der Waals surface area (Å²) in [5.41, 5.74) is 2.15. The van der Waals surface area contributed by atoms with Crippen molar-refractivity contribution in [2.75, 3.05) is 44.2 Å². The fourth-order valence-corrected chi connectivity index (χ4v) is 5.42. The van der Waals surface area contributed by atoms with Gasteiger partial charge in [-0.25, -0.2) is 8.42 Å². The predicted molar refractivity (Wildman–Crippen MR) is 130 cm³/mol. The highest BCUT2D eigenvalue weighted by atomic mass is 32.2. The number of benzene rings is 1. The van der Waals surface area contributed by atoms with Gasteiger partial charge >= 0.3 is 0 Å². The molecule has 3 aromatic rings. The second kappa shape index (κ2) is 10.3. The Morgan fingerprint density at radius 2 is 1.65 bits per heavy atom. The minimum absolute atomic E-state index is 0.107. The second-order valence-corrected chi connectivity index (χ2v) is 9.85. The molecule has 0 saturated carbocycles. The van der Waals surface area contributed by atoms with Gasteiger partial charge in [0.05, 0.1) is 10.6 Å². The molecule has 0 spiro atoms. The van der Waals surface area contributed by atoms with Crippen molar-refractivity contribution in [1.29, 1.82) is 0 Å². The van der Waals surface area contributed by atoms with Crippen molar-refractivity contribution in [3.63, 3.8) is 0 Å². The number of carbonyl (C=O) groups excluding carboxylic acids is 1. The Morgan fingerprint density at radius 3 is 2.21 bits per heavy atom. The molecular formula is C24H28N6O3S. The van der Waals surface area contributed by atoms with Gasteiger partial charge in [-0.15, -0.1) is 10.2 Å². The zero-order valence-corrected chi connectivity index (χ0v) is 20.1. The Hall–Kier alpha value is -3.37. The van der Waals surface area contributed by atoms with Crippen LogP contribution in [0, 0.1) is 0 Å². The van der Waals surface area contributed by atoms with Crippen molar-refractivity contribution < 1.29 is 13.2 Å². The third-order valence-corrected chi connectivity index (χ3v) is 8.01. The number of carbonyl (C=O) groups is 1. The van der Waals surface area contributed by atoms with Crippen molar-refractivity contribution in [3.05, 3.63) is 66.5 Å². The van der Waals surface area contributed by atoms with Crippen LogP contribution in [-0.2, 0) is 10.0 Å². The molecule has 9 nitrogen and oxygen atoms in total. The molecule has 1 amide bonds. The molecule has 10 heteroatoms. The molecule has 1 saturated heterocycles. The van der Waals surface area contributed by atoms with E-state index in [1.54, 1.807) is 43.3 Å². The summed E-state index contributed by atoms with van der Waals surface area (Å²) in [5.74, 6) is 0.662. The van der Waals surface area contributed by atoms with Gasteiger partial charge in [0.15, 0.2) is 5.82 Å². The largest absolute Gasteiger partial charge is 0.352 e. The molecule has 1 aromatic carbocycles. The zero-order chi connectivity index (χ0) is 24.1. The van der Waals surface area contributed by atoms with E-state index < -0.39 is 10.0 Å². The lowest BCUT2D eigenvalue weighted by molar-refractivity contribution is 0.0746. The molecule has 1 aliphatic heterocycles. The first-order valence-electron chi connectivity index (χ1n) is 11.3. The number of rotatable bonds is 7. The molecule has 0 aliphatic carbocycles. The number of pyridine rings is 1. The molecule has 0 bridgehead atoms. The quantitative estimate of drug-likeness (QED) is 0.512. The third kappa shape index (κ3) is 4.92. The molecule has 2 aromatic heterocycles. The lowest BCUT2D eigenvalue weighted by atomic mass is 10.2. The second-order valence-electron chi connectivity index (χ2n) is 7.91. The van der Waals surface area contributed by atoms with Crippen LogP contribution in [0.5, 0.6) is 0 Å². The summed E-state index contributed by atoms with van der Waals surface area (Å²) in [6.45, 7) is 6.79. The molecule has 178 valence electrons. The summed E-state index contributed by atoms with van der Waals surface area (Å²) in [5, 5.41) is 8.67.